The molecule has 1 N–H and O–H groups in total. The van der Waals surface area contributed by atoms with Crippen LogP contribution in [0.1, 0.15) is 27.7 Å². The number of benzene rings is 2. The Kier molecular flexibility index (Phi) is 4.24. The van der Waals surface area contributed by atoms with Gasteiger partial charge in [0.15, 0.2) is 5.78 Å². The summed E-state index contributed by atoms with van der Waals surface area (Å²) >= 11 is 1.52. The summed E-state index contributed by atoms with van der Waals surface area (Å²) in [5.41, 5.74) is 4.42. The van der Waals surface area contributed by atoms with Crippen molar-refractivity contribution in [2.75, 3.05) is 0 Å². The smallest absolute Gasteiger partial charge is 0.260 e. The zero-order chi connectivity index (χ0) is 19.1. The highest BCUT2D eigenvalue weighted by Gasteiger charge is 2.17. The fourth-order valence-electron chi connectivity index (χ4n) is 3.19. The van der Waals surface area contributed by atoms with E-state index in [4.69, 9.17) is 0 Å². The Morgan fingerprint density at radius 2 is 1.59 bits per heavy atom. The molecule has 0 unspecified atom stereocenters. The first-order chi connectivity index (χ1) is 12.9. The molecule has 0 aliphatic rings. The zero-order valence-electron chi connectivity index (χ0n) is 15.3. The third-order valence-corrected chi connectivity index (χ3v) is 5.64. The average molecular weight is 374 g/mol. The molecule has 0 aliphatic carbocycles. The molecule has 2 aromatic carbocycles. The largest absolute Gasteiger partial charge is 0.306 e. The van der Waals surface area contributed by atoms with E-state index in [0.717, 1.165) is 26.4 Å². The van der Waals surface area contributed by atoms with Gasteiger partial charge in [-0.1, -0.05) is 54.1 Å². The standard InChI is InChI=1S/C22H18N2O2S/c1-12-4-6-16(7-5-12)18-14(3)27-22-19(18)21(26)23-20(24-22)17-10-8-15(9-11-17)13(2)25/h4-11H,1-3H3,(H,23,24,26). The van der Waals surface area contributed by atoms with Gasteiger partial charge in [0, 0.05) is 21.6 Å². The van der Waals surface area contributed by atoms with E-state index < -0.39 is 0 Å². The Hall–Kier alpha value is -3.05. The van der Waals surface area contributed by atoms with Crippen molar-refractivity contribution in [1.82, 2.24) is 9.97 Å². The number of H-pyrrole nitrogens is 1. The predicted molar refractivity (Wildman–Crippen MR) is 111 cm³/mol. The SMILES string of the molecule is CC(=O)c1ccc(-c2nc3sc(C)c(-c4ccc(C)cc4)c3c(=O)[nH]2)cc1. The minimum Gasteiger partial charge on any atom is -0.306 e. The van der Waals surface area contributed by atoms with Crippen LogP contribution in [-0.4, -0.2) is 15.8 Å². The monoisotopic (exact) mass is 374 g/mol. The fourth-order valence-corrected chi connectivity index (χ4v) is 4.23. The number of rotatable bonds is 3. The Morgan fingerprint density at radius 3 is 2.22 bits per heavy atom. The van der Waals surface area contributed by atoms with Crippen LogP contribution >= 0.6 is 11.3 Å². The molecule has 0 saturated heterocycles. The molecular formula is C22H18N2O2S. The Bertz CT molecular complexity index is 1220. The third-order valence-electron chi connectivity index (χ3n) is 4.64. The Labute approximate surface area is 160 Å². The molecule has 0 spiro atoms. The predicted octanol–water partition coefficient (Wildman–Crippen LogP) is 5.14. The van der Waals surface area contributed by atoms with E-state index in [0.29, 0.717) is 16.8 Å². The molecule has 0 saturated carbocycles. The first kappa shape index (κ1) is 17.4. The quantitative estimate of drug-likeness (QED) is 0.505. The summed E-state index contributed by atoms with van der Waals surface area (Å²) in [7, 11) is 0. The number of aryl methyl sites for hydroxylation is 2. The van der Waals surface area contributed by atoms with Gasteiger partial charge in [-0.25, -0.2) is 4.98 Å². The highest BCUT2D eigenvalue weighted by Crippen LogP contribution is 2.36. The molecule has 0 radical (unpaired) electrons. The van der Waals surface area contributed by atoms with Crippen LogP contribution in [-0.2, 0) is 0 Å². The van der Waals surface area contributed by atoms with Crippen LogP contribution in [0.5, 0.6) is 0 Å². The third kappa shape index (κ3) is 3.11. The van der Waals surface area contributed by atoms with Gasteiger partial charge in [0.25, 0.3) is 5.56 Å². The average Bonchev–Trinajstić information content (AvgIpc) is 2.99. The minimum absolute atomic E-state index is 0.00933. The summed E-state index contributed by atoms with van der Waals surface area (Å²) in [5.74, 6) is 0.523. The van der Waals surface area contributed by atoms with E-state index in [1.165, 1.54) is 23.8 Å². The first-order valence-corrected chi connectivity index (χ1v) is 9.47. The molecule has 134 valence electrons. The molecule has 0 bridgehead atoms. The summed E-state index contributed by atoms with van der Waals surface area (Å²) in [6.45, 7) is 5.59. The number of hydrogen-bond donors (Lipinski definition) is 1. The van der Waals surface area contributed by atoms with Crippen molar-refractivity contribution in [3.63, 3.8) is 0 Å². The molecule has 2 aromatic heterocycles. The number of carbonyl (C=O) groups is 1. The Balaban J connectivity index is 1.87. The lowest BCUT2D eigenvalue weighted by atomic mass is 10.0. The summed E-state index contributed by atoms with van der Waals surface area (Å²) in [6, 6.07) is 15.3. The molecule has 0 fully saturated rings. The normalized spacial score (nSPS) is 11.1. The van der Waals surface area contributed by atoms with Gasteiger partial charge in [-0.05, 0) is 26.3 Å². The lowest BCUT2D eigenvalue weighted by molar-refractivity contribution is 0.101. The number of ketones is 1. The number of nitrogens with zero attached hydrogens (tertiary/aromatic N) is 1. The fraction of sp³-hybridized carbons (Fsp3) is 0.136. The van der Waals surface area contributed by atoms with Crippen LogP contribution in [0, 0.1) is 13.8 Å². The van der Waals surface area contributed by atoms with Crippen LogP contribution in [0.15, 0.2) is 53.3 Å². The van der Waals surface area contributed by atoms with E-state index in [-0.39, 0.29) is 11.3 Å². The van der Waals surface area contributed by atoms with Crippen molar-refractivity contribution in [1.29, 1.82) is 0 Å². The van der Waals surface area contributed by atoms with E-state index in [2.05, 4.69) is 9.97 Å². The topological polar surface area (TPSA) is 62.8 Å². The molecular weight excluding hydrogens is 356 g/mol. The molecule has 0 atom stereocenters. The lowest BCUT2D eigenvalue weighted by Gasteiger charge is -2.04. The molecule has 4 aromatic rings. The van der Waals surface area contributed by atoms with E-state index in [9.17, 15) is 9.59 Å². The number of aromatic nitrogens is 2. The van der Waals surface area contributed by atoms with Gasteiger partial charge in [0.05, 0.1) is 5.39 Å². The number of hydrogen-bond acceptors (Lipinski definition) is 4. The van der Waals surface area contributed by atoms with Gasteiger partial charge < -0.3 is 4.98 Å². The maximum atomic E-state index is 12.9. The van der Waals surface area contributed by atoms with Gasteiger partial charge in [0.1, 0.15) is 10.7 Å². The number of nitrogens with one attached hydrogen (secondary N) is 1. The van der Waals surface area contributed by atoms with Crippen molar-refractivity contribution in [2.45, 2.75) is 20.8 Å². The second-order valence-corrected chi connectivity index (χ2v) is 7.83. The van der Waals surface area contributed by atoms with Gasteiger partial charge >= 0.3 is 0 Å². The second-order valence-electron chi connectivity index (χ2n) is 6.63. The van der Waals surface area contributed by atoms with Crippen LogP contribution in [0.4, 0.5) is 0 Å². The van der Waals surface area contributed by atoms with Crippen molar-refractivity contribution in [3.05, 3.63) is 74.9 Å². The molecule has 27 heavy (non-hydrogen) atoms. The summed E-state index contributed by atoms with van der Waals surface area (Å²) in [5, 5.41) is 0.630. The van der Waals surface area contributed by atoms with Crippen LogP contribution in [0.3, 0.4) is 0 Å². The van der Waals surface area contributed by atoms with Crippen molar-refractivity contribution in [2.24, 2.45) is 0 Å². The van der Waals surface area contributed by atoms with Gasteiger partial charge in [0.2, 0.25) is 0 Å². The van der Waals surface area contributed by atoms with Crippen LogP contribution < -0.4 is 5.56 Å². The highest BCUT2D eigenvalue weighted by molar-refractivity contribution is 7.19. The second kappa shape index (κ2) is 6.59. The maximum Gasteiger partial charge on any atom is 0.260 e. The van der Waals surface area contributed by atoms with E-state index in [1.54, 1.807) is 12.1 Å². The van der Waals surface area contributed by atoms with E-state index >= 15 is 0 Å². The highest BCUT2D eigenvalue weighted by atomic mass is 32.1. The van der Waals surface area contributed by atoms with Gasteiger partial charge in [-0.15, -0.1) is 11.3 Å². The number of thiophene rings is 1. The van der Waals surface area contributed by atoms with Crippen molar-refractivity contribution in [3.8, 4) is 22.5 Å². The zero-order valence-corrected chi connectivity index (χ0v) is 16.1. The van der Waals surface area contributed by atoms with Gasteiger partial charge in [-0.3, -0.25) is 9.59 Å². The first-order valence-electron chi connectivity index (χ1n) is 8.66. The van der Waals surface area contributed by atoms with Crippen LogP contribution in [0.2, 0.25) is 0 Å². The molecule has 4 rings (SSSR count). The Morgan fingerprint density at radius 1 is 0.963 bits per heavy atom. The minimum atomic E-state index is -0.148. The molecule has 4 nitrogen and oxygen atoms in total. The van der Waals surface area contributed by atoms with Crippen molar-refractivity contribution < 1.29 is 4.79 Å². The van der Waals surface area contributed by atoms with E-state index in [1.807, 2.05) is 50.2 Å². The number of Topliss-reactive ketones (excluding diaryl/α,β-unsaturated/α-hetero) is 1. The maximum absolute atomic E-state index is 12.9. The van der Waals surface area contributed by atoms with Gasteiger partial charge in [-0.2, -0.15) is 0 Å². The molecule has 5 heteroatoms. The van der Waals surface area contributed by atoms with Crippen LogP contribution in [0.25, 0.3) is 32.7 Å². The number of aromatic amines is 1. The molecule has 0 aliphatic heterocycles. The lowest BCUT2D eigenvalue weighted by Crippen LogP contribution is -2.09. The number of carbonyl (C=O) groups excluding carboxylic acids is 1. The van der Waals surface area contributed by atoms with Crippen molar-refractivity contribution >= 4 is 27.3 Å². The summed E-state index contributed by atoms with van der Waals surface area (Å²) in [6.07, 6.45) is 0. The summed E-state index contributed by atoms with van der Waals surface area (Å²) < 4.78 is 0. The molecule has 0 amide bonds. The summed E-state index contributed by atoms with van der Waals surface area (Å²) in [4.78, 5) is 33.7. The molecule has 2 heterocycles. The number of fused-ring (bicyclic) bond motifs is 1.